The van der Waals surface area contributed by atoms with Gasteiger partial charge in [0, 0.05) is 12.7 Å². The molecule has 0 spiro atoms. The summed E-state index contributed by atoms with van der Waals surface area (Å²) in [7, 11) is -1.26. The molecule has 0 saturated heterocycles. The zero-order valence-corrected chi connectivity index (χ0v) is 9.26. The number of hydrogen-bond acceptors (Lipinski definition) is 3. The summed E-state index contributed by atoms with van der Waals surface area (Å²) >= 11 is 0. The highest BCUT2D eigenvalue weighted by Crippen LogP contribution is 2.15. The molecule has 0 radical (unpaired) electrons. The molecule has 1 rings (SSSR count). The second kappa shape index (κ2) is 4.46. The molecule has 0 aliphatic rings. The molecule has 0 aliphatic carbocycles. The van der Waals surface area contributed by atoms with Crippen LogP contribution in [0.2, 0.25) is 0 Å². The van der Waals surface area contributed by atoms with Crippen molar-refractivity contribution < 1.29 is 8.42 Å². The van der Waals surface area contributed by atoms with Crippen LogP contribution in [0.4, 0.5) is 5.69 Å². The molecular formula is C10H15NO2S. The molecule has 0 heterocycles. The molecule has 0 unspecified atom stereocenters. The molecular weight excluding hydrogens is 198 g/mol. The fourth-order valence-corrected chi connectivity index (χ4v) is 2.54. The van der Waals surface area contributed by atoms with E-state index in [9.17, 15) is 8.42 Å². The average Bonchev–Trinajstić information content (AvgIpc) is 2.18. The van der Waals surface area contributed by atoms with Gasteiger partial charge in [0.1, 0.15) is 0 Å². The molecule has 0 saturated carbocycles. The van der Waals surface area contributed by atoms with Crippen molar-refractivity contribution in [3.8, 4) is 0 Å². The monoisotopic (exact) mass is 213 g/mol. The quantitative estimate of drug-likeness (QED) is 0.831. The molecule has 1 N–H and O–H groups in total. The molecule has 0 amide bonds. The topological polar surface area (TPSA) is 46.2 Å². The van der Waals surface area contributed by atoms with Gasteiger partial charge in [0.05, 0.1) is 10.6 Å². The maximum atomic E-state index is 11.6. The first-order valence-corrected chi connectivity index (χ1v) is 6.26. The second-order valence-corrected chi connectivity index (χ2v) is 5.20. The second-order valence-electron chi connectivity index (χ2n) is 3.09. The van der Waals surface area contributed by atoms with E-state index < -0.39 is 9.84 Å². The smallest absolute Gasteiger partial charge is 0.178 e. The Balaban J connectivity index is 2.97. The third-order valence-corrected chi connectivity index (χ3v) is 3.91. The van der Waals surface area contributed by atoms with E-state index >= 15 is 0 Å². The zero-order valence-electron chi connectivity index (χ0n) is 8.45. The highest BCUT2D eigenvalue weighted by molar-refractivity contribution is 7.91. The van der Waals surface area contributed by atoms with Crippen molar-refractivity contribution >= 4 is 15.5 Å². The van der Waals surface area contributed by atoms with Crippen molar-refractivity contribution in [2.75, 3.05) is 18.1 Å². The van der Waals surface area contributed by atoms with Crippen molar-refractivity contribution in [2.45, 2.75) is 18.2 Å². The van der Waals surface area contributed by atoms with Gasteiger partial charge in [0.2, 0.25) is 0 Å². The first-order chi connectivity index (χ1) is 6.60. The molecule has 4 heteroatoms. The van der Waals surface area contributed by atoms with E-state index in [0.717, 1.165) is 5.69 Å². The van der Waals surface area contributed by atoms with Gasteiger partial charge in [-0.25, -0.2) is 8.42 Å². The number of hydrogen-bond donors (Lipinski definition) is 1. The summed E-state index contributed by atoms with van der Waals surface area (Å²) in [6, 6.07) is 6.80. The molecule has 0 fully saturated rings. The molecule has 0 bridgehead atoms. The molecule has 14 heavy (non-hydrogen) atoms. The Labute approximate surface area is 85.1 Å². The molecule has 3 nitrogen and oxygen atoms in total. The number of sulfone groups is 1. The van der Waals surface area contributed by atoms with E-state index in [0.29, 0.717) is 11.3 Å². The lowest BCUT2D eigenvalue weighted by molar-refractivity contribution is 0.595. The normalized spacial score (nSPS) is 11.3. The standard InChI is InChI=1S/C10H15NO2S/c1-3-8-14(12,13)10-6-4-9(11-2)5-7-10/h4-7,11H,3,8H2,1-2H3. The third-order valence-electron chi connectivity index (χ3n) is 1.97. The van der Waals surface area contributed by atoms with Gasteiger partial charge in [0.25, 0.3) is 0 Å². The van der Waals surface area contributed by atoms with E-state index in [1.165, 1.54) is 0 Å². The summed E-state index contributed by atoms with van der Waals surface area (Å²) in [6.45, 7) is 1.86. The number of nitrogens with one attached hydrogen (secondary N) is 1. The summed E-state index contributed by atoms with van der Waals surface area (Å²) < 4.78 is 23.2. The highest BCUT2D eigenvalue weighted by atomic mass is 32.2. The van der Waals surface area contributed by atoms with Crippen LogP contribution in [0, 0.1) is 0 Å². The van der Waals surface area contributed by atoms with Gasteiger partial charge in [-0.1, -0.05) is 6.92 Å². The molecule has 0 atom stereocenters. The van der Waals surface area contributed by atoms with Crippen LogP contribution in [0.3, 0.4) is 0 Å². The van der Waals surface area contributed by atoms with Crippen molar-refractivity contribution in [3.63, 3.8) is 0 Å². The van der Waals surface area contributed by atoms with Gasteiger partial charge in [-0.3, -0.25) is 0 Å². The SMILES string of the molecule is CCCS(=O)(=O)c1ccc(NC)cc1. The minimum Gasteiger partial charge on any atom is -0.388 e. The van der Waals surface area contributed by atoms with Gasteiger partial charge in [-0.2, -0.15) is 0 Å². The highest BCUT2D eigenvalue weighted by Gasteiger charge is 2.11. The van der Waals surface area contributed by atoms with Crippen LogP contribution in [-0.2, 0) is 9.84 Å². The minimum absolute atomic E-state index is 0.214. The Morgan fingerprint density at radius 3 is 2.21 bits per heavy atom. The van der Waals surface area contributed by atoms with E-state index in [2.05, 4.69) is 5.32 Å². The Morgan fingerprint density at radius 2 is 1.79 bits per heavy atom. The summed E-state index contributed by atoms with van der Waals surface area (Å²) in [5.74, 6) is 0.214. The minimum atomic E-state index is -3.06. The van der Waals surface area contributed by atoms with E-state index in [1.807, 2.05) is 6.92 Å². The van der Waals surface area contributed by atoms with E-state index in [1.54, 1.807) is 31.3 Å². The summed E-state index contributed by atoms with van der Waals surface area (Å²) in [5.41, 5.74) is 0.917. The summed E-state index contributed by atoms with van der Waals surface area (Å²) in [5, 5.41) is 2.94. The van der Waals surface area contributed by atoms with Crippen LogP contribution in [0.1, 0.15) is 13.3 Å². The average molecular weight is 213 g/mol. The van der Waals surface area contributed by atoms with Gasteiger partial charge in [-0.15, -0.1) is 0 Å². The molecule has 0 aliphatic heterocycles. The Morgan fingerprint density at radius 1 is 1.21 bits per heavy atom. The number of anilines is 1. The first-order valence-electron chi connectivity index (χ1n) is 4.60. The Kier molecular flexibility index (Phi) is 3.52. The fourth-order valence-electron chi connectivity index (χ4n) is 1.22. The van der Waals surface area contributed by atoms with Crippen LogP contribution in [0.15, 0.2) is 29.2 Å². The van der Waals surface area contributed by atoms with Crippen molar-refractivity contribution in [1.82, 2.24) is 0 Å². The fraction of sp³-hybridized carbons (Fsp3) is 0.400. The van der Waals surface area contributed by atoms with Crippen LogP contribution < -0.4 is 5.32 Å². The molecule has 78 valence electrons. The predicted octanol–water partition coefficient (Wildman–Crippen LogP) is 1.91. The number of rotatable bonds is 4. The third kappa shape index (κ3) is 2.48. The molecule has 0 aromatic heterocycles. The van der Waals surface area contributed by atoms with Crippen LogP contribution >= 0.6 is 0 Å². The van der Waals surface area contributed by atoms with Crippen LogP contribution in [0.25, 0.3) is 0 Å². The van der Waals surface area contributed by atoms with Crippen molar-refractivity contribution in [2.24, 2.45) is 0 Å². The van der Waals surface area contributed by atoms with Crippen molar-refractivity contribution in [1.29, 1.82) is 0 Å². The number of benzene rings is 1. The van der Waals surface area contributed by atoms with Gasteiger partial charge < -0.3 is 5.32 Å². The molecule has 1 aromatic carbocycles. The maximum absolute atomic E-state index is 11.6. The first kappa shape index (κ1) is 11.0. The van der Waals surface area contributed by atoms with Crippen molar-refractivity contribution in [3.05, 3.63) is 24.3 Å². The lowest BCUT2D eigenvalue weighted by Crippen LogP contribution is -2.05. The molecule has 1 aromatic rings. The summed E-state index contributed by atoms with van der Waals surface area (Å²) in [4.78, 5) is 0.401. The summed E-state index contributed by atoms with van der Waals surface area (Å²) in [6.07, 6.45) is 0.649. The van der Waals surface area contributed by atoms with Gasteiger partial charge in [0.15, 0.2) is 9.84 Å². The van der Waals surface area contributed by atoms with Crippen LogP contribution in [-0.4, -0.2) is 21.2 Å². The zero-order chi connectivity index (χ0) is 10.6. The maximum Gasteiger partial charge on any atom is 0.178 e. The van der Waals surface area contributed by atoms with E-state index in [4.69, 9.17) is 0 Å². The predicted molar refractivity (Wildman–Crippen MR) is 58.3 cm³/mol. The van der Waals surface area contributed by atoms with Crippen LogP contribution in [0.5, 0.6) is 0 Å². The van der Waals surface area contributed by atoms with Gasteiger partial charge >= 0.3 is 0 Å². The Bertz CT molecular complexity index is 381. The lowest BCUT2D eigenvalue weighted by Gasteiger charge is -2.04. The largest absolute Gasteiger partial charge is 0.388 e. The van der Waals surface area contributed by atoms with E-state index in [-0.39, 0.29) is 5.75 Å². The lowest BCUT2D eigenvalue weighted by atomic mass is 10.3. The Hall–Kier alpha value is -1.03. The van der Waals surface area contributed by atoms with Gasteiger partial charge in [-0.05, 0) is 30.7 Å².